The van der Waals surface area contributed by atoms with Crippen LogP contribution in [0.1, 0.15) is 36.2 Å². The molecule has 0 amide bonds. The van der Waals surface area contributed by atoms with Gasteiger partial charge in [0.05, 0.1) is 11.4 Å². The van der Waals surface area contributed by atoms with E-state index in [1.807, 2.05) is 50.3 Å². The quantitative estimate of drug-likeness (QED) is 0.697. The molecule has 0 aliphatic carbocycles. The van der Waals surface area contributed by atoms with Crippen LogP contribution in [0.3, 0.4) is 0 Å². The summed E-state index contributed by atoms with van der Waals surface area (Å²) in [5.41, 5.74) is 5.12. The Morgan fingerprint density at radius 2 is 2.00 bits per heavy atom. The van der Waals surface area contributed by atoms with Crippen molar-refractivity contribution in [3.8, 4) is 11.3 Å². The van der Waals surface area contributed by atoms with Gasteiger partial charge in [0.25, 0.3) is 0 Å². The molecular weight excluding hydrogens is 249 g/mol. The van der Waals surface area contributed by atoms with Crippen LogP contribution in [0.5, 0.6) is 0 Å². The number of hydrogen-bond donors (Lipinski definition) is 0. The molecule has 0 spiro atoms. The predicted molar refractivity (Wildman–Crippen MR) is 85.3 cm³/mol. The zero-order valence-electron chi connectivity index (χ0n) is 12.3. The Kier molecular flexibility index (Phi) is 4.23. The van der Waals surface area contributed by atoms with Crippen LogP contribution in [0.4, 0.5) is 4.48 Å². The summed E-state index contributed by atoms with van der Waals surface area (Å²) in [6, 6.07) is 7.88. The van der Waals surface area contributed by atoms with E-state index in [0.717, 1.165) is 33.5 Å². The van der Waals surface area contributed by atoms with E-state index >= 15 is 0 Å². The number of allylic oxidation sites excluding steroid dienone is 1. The Hall–Kier alpha value is -2.09. The smallest absolute Gasteiger partial charge is 0.0860 e. The summed E-state index contributed by atoms with van der Waals surface area (Å²) in [6.45, 7) is 9.74. The number of rotatable bonds is 4. The maximum absolute atomic E-state index is 14.7. The van der Waals surface area contributed by atoms with Crippen molar-refractivity contribution in [3.63, 3.8) is 0 Å². The molecular formula is C18H20FN. The predicted octanol–water partition coefficient (Wildman–Crippen LogP) is 5.43. The van der Waals surface area contributed by atoms with Gasteiger partial charge in [-0.25, -0.2) is 0 Å². The summed E-state index contributed by atoms with van der Waals surface area (Å²) >= 11 is 0. The first-order valence-corrected chi connectivity index (χ1v) is 6.90. The largest absolute Gasteiger partial charge is 0.178 e. The van der Waals surface area contributed by atoms with Gasteiger partial charge in [0.1, 0.15) is 0 Å². The van der Waals surface area contributed by atoms with Gasteiger partial charge in [0.2, 0.25) is 0 Å². The molecule has 0 N–H and O–H groups in total. The van der Waals surface area contributed by atoms with Crippen LogP contribution in [-0.2, 0) is 6.42 Å². The second-order valence-electron chi connectivity index (χ2n) is 4.78. The Labute approximate surface area is 120 Å². The maximum Gasteiger partial charge on any atom is 0.0860 e. The Balaban J connectivity index is 2.83. The monoisotopic (exact) mass is 269 g/mol. The lowest BCUT2D eigenvalue weighted by molar-refractivity contribution is 0.373. The number of aryl methyl sites for hydroxylation is 1. The van der Waals surface area contributed by atoms with Gasteiger partial charge in [-0.05, 0) is 37.5 Å². The summed E-state index contributed by atoms with van der Waals surface area (Å²) in [5.74, 6) is 0. The molecule has 0 aliphatic heterocycles. The lowest BCUT2D eigenvalue weighted by Crippen LogP contribution is -1.93. The highest BCUT2D eigenvalue weighted by Crippen LogP contribution is 2.35. The van der Waals surface area contributed by atoms with Crippen molar-refractivity contribution >= 4 is 12.2 Å². The first-order chi connectivity index (χ1) is 9.65. The van der Waals surface area contributed by atoms with E-state index in [4.69, 9.17) is 0 Å². The summed E-state index contributed by atoms with van der Waals surface area (Å²) in [5, 5.41) is 0. The van der Waals surface area contributed by atoms with Crippen molar-refractivity contribution in [2.75, 3.05) is 0 Å². The van der Waals surface area contributed by atoms with Crippen LogP contribution in [0.25, 0.3) is 23.4 Å². The van der Waals surface area contributed by atoms with Crippen LogP contribution in [0.2, 0.25) is 0 Å². The molecule has 2 heteroatoms. The van der Waals surface area contributed by atoms with Crippen molar-refractivity contribution in [2.45, 2.75) is 27.2 Å². The summed E-state index contributed by atoms with van der Waals surface area (Å²) in [4.78, 5) is 0.767. The van der Waals surface area contributed by atoms with Gasteiger partial charge in [-0.3, -0.25) is 0 Å². The molecule has 0 bridgehead atoms. The summed E-state index contributed by atoms with van der Waals surface area (Å²) < 4.78 is 14.7. The minimum absolute atomic E-state index is 0.526. The molecule has 0 radical (unpaired) electrons. The van der Waals surface area contributed by atoms with E-state index in [9.17, 15) is 4.48 Å². The summed E-state index contributed by atoms with van der Waals surface area (Å²) in [7, 11) is 0. The highest BCUT2D eigenvalue weighted by Gasteiger charge is 2.20. The standard InChI is InChI=1S/C18H20FN/c1-5-10-16-14(6-2)18(20(19)17(16)7-3)15-12-9-8-11-13(15)4/h5,7-12H,3,6H2,1-2,4H3/b10-5-. The van der Waals surface area contributed by atoms with Gasteiger partial charge >= 0.3 is 0 Å². The second kappa shape index (κ2) is 5.91. The third-order valence-corrected chi connectivity index (χ3v) is 3.58. The molecule has 20 heavy (non-hydrogen) atoms. The van der Waals surface area contributed by atoms with Crippen LogP contribution >= 0.6 is 0 Å². The Morgan fingerprint density at radius 3 is 2.55 bits per heavy atom. The fraction of sp³-hybridized carbons (Fsp3) is 0.222. The molecule has 0 atom stereocenters. The molecule has 0 saturated carbocycles. The van der Waals surface area contributed by atoms with Crippen molar-refractivity contribution in [3.05, 3.63) is 59.3 Å². The maximum atomic E-state index is 14.7. The number of hydrogen-bond acceptors (Lipinski definition) is 0. The molecule has 0 saturated heterocycles. The minimum atomic E-state index is 0.526. The number of nitrogens with zero attached hydrogens (tertiary/aromatic N) is 1. The zero-order valence-corrected chi connectivity index (χ0v) is 12.3. The van der Waals surface area contributed by atoms with E-state index in [-0.39, 0.29) is 0 Å². The SMILES string of the molecule is C=Cc1c(/C=C\C)c(CC)c(-c2ccccc2C)n1F. The van der Waals surface area contributed by atoms with Gasteiger partial charge in [-0.15, -0.1) is 0 Å². The lowest BCUT2D eigenvalue weighted by atomic mass is 9.98. The normalized spacial score (nSPS) is 11.2. The first kappa shape index (κ1) is 14.3. The molecule has 1 nitrogen and oxygen atoms in total. The van der Waals surface area contributed by atoms with Gasteiger partial charge in [0, 0.05) is 11.1 Å². The highest BCUT2D eigenvalue weighted by molar-refractivity contribution is 5.78. The van der Waals surface area contributed by atoms with Crippen molar-refractivity contribution in [1.82, 2.24) is 4.79 Å². The molecule has 1 aromatic carbocycles. The average molecular weight is 269 g/mol. The molecule has 2 rings (SSSR count). The molecule has 1 aromatic heterocycles. The topological polar surface area (TPSA) is 4.93 Å². The second-order valence-corrected chi connectivity index (χ2v) is 4.78. The Morgan fingerprint density at radius 1 is 1.30 bits per heavy atom. The Bertz CT molecular complexity index is 662. The molecule has 2 aromatic rings. The van der Waals surface area contributed by atoms with Gasteiger partial charge in [-0.2, -0.15) is 4.79 Å². The summed E-state index contributed by atoms with van der Waals surface area (Å²) in [6.07, 6.45) is 6.24. The number of aromatic nitrogens is 1. The average Bonchev–Trinajstić information content (AvgIpc) is 2.71. The van der Waals surface area contributed by atoms with Crippen molar-refractivity contribution in [1.29, 1.82) is 0 Å². The van der Waals surface area contributed by atoms with Gasteiger partial charge < -0.3 is 0 Å². The molecule has 1 heterocycles. The number of halogens is 1. The lowest BCUT2D eigenvalue weighted by Gasteiger charge is -2.08. The van der Waals surface area contributed by atoms with Crippen LogP contribution in [0, 0.1) is 6.92 Å². The van der Waals surface area contributed by atoms with Crippen molar-refractivity contribution < 1.29 is 4.48 Å². The highest BCUT2D eigenvalue weighted by atomic mass is 19.2. The first-order valence-electron chi connectivity index (χ1n) is 6.90. The van der Waals surface area contributed by atoms with E-state index < -0.39 is 0 Å². The molecule has 0 fully saturated rings. The van der Waals surface area contributed by atoms with E-state index in [0.29, 0.717) is 11.4 Å². The van der Waals surface area contributed by atoms with Crippen LogP contribution < -0.4 is 0 Å². The molecule has 0 unspecified atom stereocenters. The third-order valence-electron chi connectivity index (χ3n) is 3.58. The van der Waals surface area contributed by atoms with E-state index in [2.05, 4.69) is 13.5 Å². The van der Waals surface area contributed by atoms with Gasteiger partial charge in [0.15, 0.2) is 0 Å². The van der Waals surface area contributed by atoms with Gasteiger partial charge in [-0.1, -0.05) is 54.4 Å². The van der Waals surface area contributed by atoms with Crippen LogP contribution in [-0.4, -0.2) is 4.79 Å². The minimum Gasteiger partial charge on any atom is -0.178 e. The van der Waals surface area contributed by atoms with E-state index in [1.165, 1.54) is 0 Å². The zero-order chi connectivity index (χ0) is 14.7. The number of benzene rings is 1. The van der Waals surface area contributed by atoms with E-state index in [1.54, 1.807) is 6.08 Å². The molecule has 104 valence electrons. The van der Waals surface area contributed by atoms with Crippen LogP contribution in [0.15, 0.2) is 36.9 Å². The fourth-order valence-corrected chi connectivity index (χ4v) is 2.63. The fourth-order valence-electron chi connectivity index (χ4n) is 2.63. The third kappa shape index (κ3) is 2.22. The van der Waals surface area contributed by atoms with Crippen molar-refractivity contribution in [2.24, 2.45) is 0 Å². The molecule has 0 aliphatic rings.